The topological polar surface area (TPSA) is 121 Å². The number of rotatable bonds is 30. The Balaban J connectivity index is 0. The monoisotopic (exact) mass is 575 g/mol. The van der Waals surface area contributed by atoms with E-state index in [1.807, 2.05) is 13.8 Å². The second-order valence-corrected chi connectivity index (χ2v) is 9.90. The lowest BCUT2D eigenvalue weighted by molar-refractivity contribution is -0.121. The lowest BCUT2D eigenvalue weighted by Crippen LogP contribution is -2.30. The number of hydrogen-bond acceptors (Lipinski definition) is 8. The Hall–Kier alpha value is -1.39. The van der Waals surface area contributed by atoms with Gasteiger partial charge in [0.1, 0.15) is 0 Å². The van der Waals surface area contributed by atoms with Crippen molar-refractivity contribution in [2.24, 2.45) is 11.6 Å². The van der Waals surface area contributed by atoms with Crippen molar-refractivity contribution in [2.75, 3.05) is 65.9 Å². The Kier molecular flexibility index (Phi) is 36.3. The number of nitrogens with one attached hydrogen (secondary N) is 1. The minimum atomic E-state index is 0.122. The first-order chi connectivity index (χ1) is 19.6. The van der Waals surface area contributed by atoms with Crippen LogP contribution < -0.4 is 16.9 Å². The van der Waals surface area contributed by atoms with Gasteiger partial charge in [0.05, 0.1) is 59.4 Å². The number of amides is 1. The molecule has 0 fully saturated rings. The van der Waals surface area contributed by atoms with Crippen LogP contribution in [0.1, 0.15) is 118 Å². The summed E-state index contributed by atoms with van der Waals surface area (Å²) in [4.78, 5) is 11.9. The molecule has 0 aromatic carbocycles. The molecule has 0 aliphatic rings. The van der Waals surface area contributed by atoms with Gasteiger partial charge in [0.25, 0.3) is 0 Å². The fourth-order valence-corrected chi connectivity index (χ4v) is 3.91. The lowest BCUT2D eigenvalue weighted by Gasteiger charge is -2.14. The summed E-state index contributed by atoms with van der Waals surface area (Å²) in [6.07, 6.45) is 19.4. The highest BCUT2D eigenvalue weighted by molar-refractivity contribution is 5.75. The van der Waals surface area contributed by atoms with Gasteiger partial charge in [-0.25, -0.2) is 5.84 Å². The van der Waals surface area contributed by atoms with Gasteiger partial charge in [0, 0.05) is 24.9 Å². The molecule has 0 aromatic rings. The van der Waals surface area contributed by atoms with Crippen LogP contribution in [0, 0.1) is 0 Å². The number of hydrazine groups is 1. The summed E-state index contributed by atoms with van der Waals surface area (Å²) >= 11 is 0. The molecule has 1 amide bonds. The van der Waals surface area contributed by atoms with Gasteiger partial charge in [-0.1, -0.05) is 97.8 Å². The van der Waals surface area contributed by atoms with Gasteiger partial charge in [-0.05, 0) is 13.3 Å². The first-order valence-corrected chi connectivity index (χ1v) is 16.1. The highest BCUT2D eigenvalue weighted by atomic mass is 16.6. The van der Waals surface area contributed by atoms with Crippen molar-refractivity contribution in [3.8, 4) is 0 Å². The van der Waals surface area contributed by atoms with Crippen LogP contribution in [-0.2, 0) is 23.7 Å². The SMILES string of the molecule is CC.CCCCCCCCCCCCCCCC(=O)NCCOCCOCCOCCOCCN(N)/C=C(/C)N. The fraction of sp³-hybridized carbons (Fsp3) is 0.903. The molecule has 0 aromatic heterocycles. The summed E-state index contributed by atoms with van der Waals surface area (Å²) in [5.41, 5.74) is 6.20. The molecule has 0 bridgehead atoms. The predicted molar refractivity (Wildman–Crippen MR) is 167 cm³/mol. The van der Waals surface area contributed by atoms with Crippen LogP contribution in [-0.4, -0.2) is 76.9 Å². The van der Waals surface area contributed by atoms with E-state index in [0.717, 1.165) is 12.8 Å². The zero-order chi connectivity index (χ0) is 29.9. The molecular weight excluding hydrogens is 508 g/mol. The Morgan fingerprint density at radius 2 is 1.07 bits per heavy atom. The van der Waals surface area contributed by atoms with E-state index in [1.165, 1.54) is 75.6 Å². The number of carbonyl (C=O) groups is 1. The molecule has 0 aliphatic carbocycles. The van der Waals surface area contributed by atoms with E-state index in [1.54, 1.807) is 13.1 Å². The molecule has 9 heteroatoms. The van der Waals surface area contributed by atoms with Gasteiger partial charge in [-0.2, -0.15) is 0 Å². The number of hydrogen-bond donors (Lipinski definition) is 3. The highest BCUT2D eigenvalue weighted by Gasteiger charge is 2.01. The third-order valence-electron chi connectivity index (χ3n) is 6.06. The molecule has 0 saturated heterocycles. The van der Waals surface area contributed by atoms with Crippen molar-refractivity contribution in [2.45, 2.75) is 118 Å². The summed E-state index contributed by atoms with van der Waals surface area (Å²) in [5.74, 6) is 5.83. The van der Waals surface area contributed by atoms with Crippen molar-refractivity contribution in [1.82, 2.24) is 10.3 Å². The van der Waals surface area contributed by atoms with Crippen LogP contribution in [0.3, 0.4) is 0 Å². The molecule has 40 heavy (non-hydrogen) atoms. The van der Waals surface area contributed by atoms with Crippen LogP contribution >= 0.6 is 0 Å². The average Bonchev–Trinajstić information content (AvgIpc) is 2.94. The van der Waals surface area contributed by atoms with Crippen LogP contribution in [0.25, 0.3) is 0 Å². The average molecular weight is 575 g/mol. The second-order valence-electron chi connectivity index (χ2n) is 9.90. The number of unbranched alkanes of at least 4 members (excludes halogenated alkanes) is 12. The molecule has 0 rings (SSSR count). The molecule has 0 radical (unpaired) electrons. The van der Waals surface area contributed by atoms with Gasteiger partial charge in [-0.3, -0.25) is 4.79 Å². The van der Waals surface area contributed by atoms with Crippen molar-refractivity contribution in [3.05, 3.63) is 11.9 Å². The normalized spacial score (nSPS) is 11.3. The van der Waals surface area contributed by atoms with Crippen LogP contribution in [0.5, 0.6) is 0 Å². The minimum Gasteiger partial charge on any atom is -0.401 e. The zero-order valence-corrected chi connectivity index (χ0v) is 26.7. The van der Waals surface area contributed by atoms with E-state index in [2.05, 4.69) is 12.2 Å². The van der Waals surface area contributed by atoms with Gasteiger partial charge >= 0.3 is 0 Å². The third kappa shape index (κ3) is 36.6. The number of carbonyl (C=O) groups excluding carboxylic acids is 1. The molecule has 240 valence electrons. The quantitative estimate of drug-likeness (QED) is 0.0570. The minimum absolute atomic E-state index is 0.122. The first-order valence-electron chi connectivity index (χ1n) is 16.1. The largest absolute Gasteiger partial charge is 0.401 e. The molecule has 0 spiro atoms. The zero-order valence-electron chi connectivity index (χ0n) is 26.7. The van der Waals surface area contributed by atoms with Crippen molar-refractivity contribution < 1.29 is 23.7 Å². The molecule has 0 aliphatic heterocycles. The van der Waals surface area contributed by atoms with E-state index in [0.29, 0.717) is 78.1 Å². The Bertz CT molecular complexity index is 534. The molecular formula is C31H66N4O5. The van der Waals surface area contributed by atoms with E-state index in [4.69, 9.17) is 30.5 Å². The maximum atomic E-state index is 11.9. The van der Waals surface area contributed by atoms with Gasteiger partial charge in [0.2, 0.25) is 5.91 Å². The molecule has 5 N–H and O–H groups in total. The Morgan fingerprint density at radius 3 is 1.52 bits per heavy atom. The third-order valence-corrected chi connectivity index (χ3v) is 6.06. The summed E-state index contributed by atoms with van der Waals surface area (Å²) in [6, 6.07) is 0. The maximum absolute atomic E-state index is 11.9. The molecule has 0 heterocycles. The van der Waals surface area contributed by atoms with E-state index in [9.17, 15) is 4.79 Å². The van der Waals surface area contributed by atoms with Gasteiger partial charge in [-0.15, -0.1) is 0 Å². The summed E-state index contributed by atoms with van der Waals surface area (Å²) in [7, 11) is 0. The van der Waals surface area contributed by atoms with Gasteiger partial charge < -0.3 is 35.0 Å². The molecule has 0 atom stereocenters. The maximum Gasteiger partial charge on any atom is 0.220 e. The number of nitrogens with zero attached hydrogens (tertiary/aromatic N) is 1. The summed E-state index contributed by atoms with van der Waals surface area (Å²) in [5, 5.41) is 4.43. The van der Waals surface area contributed by atoms with Gasteiger partial charge in [0.15, 0.2) is 0 Å². The van der Waals surface area contributed by atoms with E-state index >= 15 is 0 Å². The number of allylic oxidation sites excluding steroid dienone is 1. The van der Waals surface area contributed by atoms with Crippen LogP contribution in [0.15, 0.2) is 11.9 Å². The Labute approximate surface area is 247 Å². The van der Waals surface area contributed by atoms with Crippen molar-refractivity contribution in [3.63, 3.8) is 0 Å². The smallest absolute Gasteiger partial charge is 0.220 e. The van der Waals surface area contributed by atoms with E-state index < -0.39 is 0 Å². The first kappa shape index (κ1) is 40.7. The summed E-state index contributed by atoms with van der Waals surface area (Å²) in [6.45, 7) is 13.2. The highest BCUT2D eigenvalue weighted by Crippen LogP contribution is 2.12. The fourth-order valence-electron chi connectivity index (χ4n) is 3.91. The molecule has 0 saturated carbocycles. The van der Waals surface area contributed by atoms with Crippen LogP contribution in [0.4, 0.5) is 0 Å². The second kappa shape index (κ2) is 35.6. The van der Waals surface area contributed by atoms with Crippen molar-refractivity contribution in [1.29, 1.82) is 0 Å². The summed E-state index contributed by atoms with van der Waals surface area (Å²) < 4.78 is 21.9. The van der Waals surface area contributed by atoms with E-state index in [-0.39, 0.29) is 5.91 Å². The molecule has 9 nitrogen and oxygen atoms in total. The predicted octanol–water partition coefficient (Wildman–Crippen LogP) is 5.67. The Morgan fingerprint density at radius 1 is 0.675 bits per heavy atom. The number of nitrogens with two attached hydrogens (primary N) is 2. The van der Waals surface area contributed by atoms with Crippen molar-refractivity contribution >= 4 is 5.91 Å². The number of ether oxygens (including phenoxy) is 4. The lowest BCUT2D eigenvalue weighted by atomic mass is 10.0. The standard InChI is InChI=1S/C29H60N4O5.C2H6/c1-3-4-5-6-7-8-9-10-11-12-13-14-15-16-29(34)32-17-19-35-21-23-37-25-26-38-24-22-36-20-18-33(31)27-28(2)30;1-2/h27H,3-26,30-31H2,1-2H3,(H,32,34);1-2H3/b28-27-;. The van der Waals surface area contributed by atoms with Crippen LogP contribution in [0.2, 0.25) is 0 Å². The molecule has 0 unspecified atom stereocenters.